The minimum atomic E-state index is 0.174. The lowest BCUT2D eigenvalue weighted by Gasteiger charge is -2.34. The summed E-state index contributed by atoms with van der Waals surface area (Å²) in [5.74, 6) is 0.713. The Labute approximate surface area is 132 Å². The fourth-order valence-corrected chi connectivity index (χ4v) is 2.94. The molecule has 1 heteroatoms. The largest absolute Gasteiger partial charge is 0.302 e. The zero-order valence-electron chi connectivity index (χ0n) is 15.2. The summed E-state index contributed by atoms with van der Waals surface area (Å²) in [6, 6.07) is 0. The van der Waals surface area contributed by atoms with Gasteiger partial charge in [-0.3, -0.25) is 0 Å². The molecule has 0 aliphatic heterocycles. The van der Waals surface area contributed by atoms with E-state index in [1.807, 2.05) is 0 Å². The molecule has 0 saturated heterocycles. The first-order valence-electron chi connectivity index (χ1n) is 8.42. The van der Waals surface area contributed by atoms with E-state index in [1.165, 1.54) is 18.4 Å². The molecule has 0 aromatic heterocycles. The Morgan fingerprint density at radius 3 is 2.52 bits per heavy atom. The van der Waals surface area contributed by atoms with Crippen molar-refractivity contribution in [3.63, 3.8) is 0 Å². The number of nitrogens with zero attached hydrogens (tertiary/aromatic N) is 1. The number of hydrogen-bond donors (Lipinski definition) is 0. The highest BCUT2D eigenvalue weighted by molar-refractivity contribution is 5.31. The Balaban J connectivity index is 2.57. The predicted octanol–water partition coefficient (Wildman–Crippen LogP) is 5.46. The Morgan fingerprint density at radius 2 is 1.90 bits per heavy atom. The average molecular weight is 290 g/mol. The highest BCUT2D eigenvalue weighted by Gasteiger charge is 2.25. The van der Waals surface area contributed by atoms with Crippen LogP contribution in [0.15, 0.2) is 36.0 Å². The van der Waals surface area contributed by atoms with Gasteiger partial charge in [-0.25, -0.2) is 0 Å². The summed E-state index contributed by atoms with van der Waals surface area (Å²) in [5, 5.41) is 0. The summed E-state index contributed by atoms with van der Waals surface area (Å²) in [6.07, 6.45) is 13.9. The summed E-state index contributed by atoms with van der Waals surface area (Å²) in [4.78, 5) is 2.46. The zero-order chi connectivity index (χ0) is 16.1. The first kappa shape index (κ1) is 18.2. The maximum atomic E-state index is 2.46. The van der Waals surface area contributed by atoms with E-state index in [-0.39, 0.29) is 5.41 Å². The minimum absolute atomic E-state index is 0.174. The van der Waals surface area contributed by atoms with Crippen LogP contribution in [0.1, 0.15) is 54.4 Å². The molecule has 0 amide bonds. The van der Waals surface area contributed by atoms with E-state index in [9.17, 15) is 0 Å². The molecule has 21 heavy (non-hydrogen) atoms. The topological polar surface area (TPSA) is 3.24 Å². The number of hydrogen-bond acceptors (Lipinski definition) is 1. The van der Waals surface area contributed by atoms with Gasteiger partial charge in [0.05, 0.1) is 0 Å². The van der Waals surface area contributed by atoms with E-state index in [2.05, 4.69) is 83.9 Å². The molecule has 120 valence electrons. The molecule has 1 unspecified atom stereocenters. The molecule has 1 atom stereocenters. The molecule has 0 aromatic carbocycles. The fraction of sp³-hybridized carbons (Fsp3) is 0.700. The van der Waals surface area contributed by atoms with Crippen LogP contribution < -0.4 is 0 Å². The van der Waals surface area contributed by atoms with Crippen molar-refractivity contribution < 1.29 is 0 Å². The van der Waals surface area contributed by atoms with Gasteiger partial charge in [-0.15, -0.1) is 0 Å². The van der Waals surface area contributed by atoms with Gasteiger partial charge in [0.25, 0.3) is 0 Å². The molecule has 1 aliphatic carbocycles. The quantitative estimate of drug-likeness (QED) is 0.601. The molecule has 0 bridgehead atoms. The molecular weight excluding hydrogens is 254 g/mol. The molecule has 0 N–H and O–H groups in total. The summed E-state index contributed by atoms with van der Waals surface area (Å²) in [5.41, 5.74) is 2.01. The highest BCUT2D eigenvalue weighted by Crippen LogP contribution is 2.32. The zero-order valence-corrected chi connectivity index (χ0v) is 15.2. The second kappa shape index (κ2) is 7.45. The Kier molecular flexibility index (Phi) is 6.46. The maximum Gasteiger partial charge on any atom is 0.0230 e. The average Bonchev–Trinajstić information content (AvgIpc) is 2.50. The first-order valence-corrected chi connectivity index (χ1v) is 8.42. The van der Waals surface area contributed by atoms with Gasteiger partial charge in [-0.1, -0.05) is 78.3 Å². The highest BCUT2D eigenvalue weighted by atomic mass is 15.1. The number of rotatable bonds is 7. The van der Waals surface area contributed by atoms with Gasteiger partial charge in [0.2, 0.25) is 0 Å². The van der Waals surface area contributed by atoms with Crippen molar-refractivity contribution in [2.75, 3.05) is 20.1 Å². The van der Waals surface area contributed by atoms with Crippen molar-refractivity contribution in [3.8, 4) is 0 Å². The number of allylic oxidation sites excluding steroid dienone is 4. The fourth-order valence-electron chi connectivity index (χ4n) is 2.94. The van der Waals surface area contributed by atoms with Crippen LogP contribution >= 0.6 is 0 Å². The van der Waals surface area contributed by atoms with Crippen molar-refractivity contribution in [1.82, 2.24) is 4.90 Å². The van der Waals surface area contributed by atoms with Crippen LogP contribution in [-0.2, 0) is 0 Å². The van der Waals surface area contributed by atoms with E-state index in [4.69, 9.17) is 0 Å². The van der Waals surface area contributed by atoms with Gasteiger partial charge < -0.3 is 4.90 Å². The van der Waals surface area contributed by atoms with Crippen LogP contribution in [0.3, 0.4) is 0 Å². The minimum Gasteiger partial charge on any atom is -0.302 e. The van der Waals surface area contributed by atoms with E-state index in [0.29, 0.717) is 11.3 Å². The van der Waals surface area contributed by atoms with Crippen LogP contribution in [0, 0.1) is 16.7 Å². The molecule has 0 radical (unpaired) electrons. The monoisotopic (exact) mass is 289 g/mol. The third-order valence-electron chi connectivity index (χ3n) is 4.83. The maximum absolute atomic E-state index is 2.46. The van der Waals surface area contributed by atoms with Crippen LogP contribution in [0.4, 0.5) is 0 Å². The van der Waals surface area contributed by atoms with Gasteiger partial charge in [0.1, 0.15) is 0 Å². The summed E-state index contributed by atoms with van der Waals surface area (Å²) in [7, 11) is 2.24. The van der Waals surface area contributed by atoms with E-state index < -0.39 is 0 Å². The van der Waals surface area contributed by atoms with Crippen molar-refractivity contribution in [2.24, 2.45) is 16.7 Å². The Bertz CT molecular complexity index is 410. The molecular formula is C20H35N. The Hall–Kier alpha value is -0.820. The SMILES string of the molecule is CCCC(C)(C)C(C)CN(C)CC1=CC=CC(C)(C)C=C1. The predicted molar refractivity (Wildman–Crippen MR) is 95.5 cm³/mol. The lowest BCUT2D eigenvalue weighted by Crippen LogP contribution is -2.34. The molecule has 1 nitrogen and oxygen atoms in total. The van der Waals surface area contributed by atoms with E-state index in [1.54, 1.807) is 0 Å². The van der Waals surface area contributed by atoms with Gasteiger partial charge in [-0.05, 0) is 30.4 Å². The van der Waals surface area contributed by atoms with Crippen molar-refractivity contribution in [2.45, 2.75) is 54.4 Å². The molecule has 0 heterocycles. The van der Waals surface area contributed by atoms with E-state index in [0.717, 1.165) is 13.1 Å². The van der Waals surface area contributed by atoms with Gasteiger partial charge >= 0.3 is 0 Å². The first-order chi connectivity index (χ1) is 9.66. The molecule has 1 rings (SSSR count). The van der Waals surface area contributed by atoms with Gasteiger partial charge in [0, 0.05) is 18.5 Å². The second-order valence-electron chi connectivity index (χ2n) is 8.09. The second-order valence-corrected chi connectivity index (χ2v) is 8.09. The molecule has 0 aromatic rings. The molecule has 1 aliphatic rings. The van der Waals surface area contributed by atoms with Crippen LogP contribution in [0.25, 0.3) is 0 Å². The van der Waals surface area contributed by atoms with Crippen molar-refractivity contribution >= 4 is 0 Å². The summed E-state index contributed by atoms with van der Waals surface area (Å²) in [6.45, 7) is 16.2. The summed E-state index contributed by atoms with van der Waals surface area (Å²) < 4.78 is 0. The smallest absolute Gasteiger partial charge is 0.0230 e. The van der Waals surface area contributed by atoms with Crippen molar-refractivity contribution in [3.05, 3.63) is 36.0 Å². The van der Waals surface area contributed by atoms with E-state index >= 15 is 0 Å². The van der Waals surface area contributed by atoms with Crippen LogP contribution in [0.2, 0.25) is 0 Å². The van der Waals surface area contributed by atoms with Crippen molar-refractivity contribution in [1.29, 1.82) is 0 Å². The third kappa shape index (κ3) is 6.22. The Morgan fingerprint density at radius 1 is 1.24 bits per heavy atom. The molecule has 0 spiro atoms. The normalized spacial score (nSPS) is 19.5. The molecule has 0 fully saturated rings. The van der Waals surface area contributed by atoms with Crippen LogP contribution in [-0.4, -0.2) is 25.0 Å². The molecule has 0 saturated carbocycles. The van der Waals surface area contributed by atoms with Crippen LogP contribution in [0.5, 0.6) is 0 Å². The number of likely N-dealkylation sites (N-methyl/N-ethyl adjacent to an activating group) is 1. The lowest BCUT2D eigenvalue weighted by atomic mass is 9.76. The summed E-state index contributed by atoms with van der Waals surface area (Å²) >= 11 is 0. The third-order valence-corrected chi connectivity index (χ3v) is 4.83. The standard InChI is InChI=1S/C20H35N/c1-8-12-20(5,6)17(2)15-21(7)16-18-10-9-13-19(3,4)14-11-18/h9-11,13-14,17H,8,12,15-16H2,1-7H3. The van der Waals surface area contributed by atoms with Gasteiger partial charge in [0.15, 0.2) is 0 Å². The van der Waals surface area contributed by atoms with Gasteiger partial charge in [-0.2, -0.15) is 0 Å². The lowest BCUT2D eigenvalue weighted by molar-refractivity contribution is 0.159.